The Hall–Kier alpha value is -1.15. The maximum absolute atomic E-state index is 11.6. The number of fused-ring (bicyclic) bond motifs is 1. The fourth-order valence-electron chi connectivity index (χ4n) is 4.47. The van der Waals surface area contributed by atoms with E-state index in [1.54, 1.807) is 0 Å². The summed E-state index contributed by atoms with van der Waals surface area (Å²) in [7, 11) is 0. The van der Waals surface area contributed by atoms with E-state index in [-0.39, 0.29) is 11.5 Å². The summed E-state index contributed by atoms with van der Waals surface area (Å²) < 4.78 is 0. The quantitative estimate of drug-likeness (QED) is 0.787. The summed E-state index contributed by atoms with van der Waals surface area (Å²) in [6, 6.07) is 0. The predicted molar refractivity (Wildman–Crippen MR) is 84.9 cm³/mol. The zero-order valence-electron chi connectivity index (χ0n) is 13.0. The Kier molecular flexibility index (Phi) is 3.92. The molecule has 1 N–H and O–H groups in total. The number of rotatable bonds is 1. The van der Waals surface area contributed by atoms with Gasteiger partial charge in [-0.2, -0.15) is 0 Å². The van der Waals surface area contributed by atoms with E-state index in [0.29, 0.717) is 24.5 Å². The normalized spacial score (nSPS) is 40.9. The zero-order chi connectivity index (χ0) is 15.0. The SMILES string of the molecule is C=C1CCC(=O)C/C1=C/C=C1\CCC[C@]2(C)[C@@H](O)CC[C@@H]12. The molecule has 3 rings (SSSR count). The largest absolute Gasteiger partial charge is 0.393 e. The van der Waals surface area contributed by atoms with Crippen molar-refractivity contribution in [3.05, 3.63) is 35.5 Å². The second-order valence-electron chi connectivity index (χ2n) is 7.26. The van der Waals surface area contributed by atoms with Crippen molar-refractivity contribution >= 4 is 5.78 Å². The van der Waals surface area contributed by atoms with Crippen LogP contribution in [-0.4, -0.2) is 17.0 Å². The van der Waals surface area contributed by atoms with Gasteiger partial charge in [-0.25, -0.2) is 0 Å². The van der Waals surface area contributed by atoms with E-state index >= 15 is 0 Å². The Morgan fingerprint density at radius 2 is 2.05 bits per heavy atom. The molecular formula is C19H26O2. The lowest BCUT2D eigenvalue weighted by molar-refractivity contribution is -0.118. The van der Waals surface area contributed by atoms with Crippen molar-refractivity contribution in [1.82, 2.24) is 0 Å². The first-order valence-corrected chi connectivity index (χ1v) is 8.28. The number of hydrogen-bond acceptors (Lipinski definition) is 2. The summed E-state index contributed by atoms with van der Waals surface area (Å²) in [6.45, 7) is 6.34. The van der Waals surface area contributed by atoms with Crippen LogP contribution in [0.4, 0.5) is 0 Å². The summed E-state index contributed by atoms with van der Waals surface area (Å²) in [5, 5.41) is 10.3. The van der Waals surface area contributed by atoms with E-state index in [1.807, 2.05) is 0 Å². The molecule has 0 radical (unpaired) electrons. The molecule has 3 saturated carbocycles. The van der Waals surface area contributed by atoms with E-state index in [9.17, 15) is 9.90 Å². The third-order valence-corrected chi connectivity index (χ3v) is 5.96. The van der Waals surface area contributed by atoms with Crippen LogP contribution in [0.15, 0.2) is 35.5 Å². The molecule has 3 aliphatic rings. The van der Waals surface area contributed by atoms with E-state index in [0.717, 1.165) is 43.3 Å². The van der Waals surface area contributed by atoms with Crippen LogP contribution in [0.2, 0.25) is 0 Å². The van der Waals surface area contributed by atoms with Gasteiger partial charge in [-0.15, -0.1) is 0 Å². The fraction of sp³-hybridized carbons (Fsp3) is 0.632. The monoisotopic (exact) mass is 286 g/mol. The number of carbonyl (C=O) groups is 1. The smallest absolute Gasteiger partial charge is 0.137 e. The van der Waals surface area contributed by atoms with Crippen molar-refractivity contribution in [2.45, 2.75) is 64.4 Å². The molecule has 2 nitrogen and oxygen atoms in total. The highest BCUT2D eigenvalue weighted by molar-refractivity contribution is 5.84. The van der Waals surface area contributed by atoms with Crippen molar-refractivity contribution in [2.75, 3.05) is 0 Å². The molecule has 0 aromatic rings. The highest BCUT2D eigenvalue weighted by atomic mass is 16.3. The number of hydrogen-bond donors (Lipinski definition) is 1. The molecule has 0 amide bonds. The van der Waals surface area contributed by atoms with Gasteiger partial charge in [0, 0.05) is 18.3 Å². The summed E-state index contributed by atoms with van der Waals surface area (Å²) in [5.74, 6) is 0.850. The van der Waals surface area contributed by atoms with Gasteiger partial charge >= 0.3 is 0 Å². The molecule has 0 saturated heterocycles. The summed E-state index contributed by atoms with van der Waals surface area (Å²) in [4.78, 5) is 11.6. The molecule has 0 bridgehead atoms. The van der Waals surface area contributed by atoms with Crippen LogP contribution in [-0.2, 0) is 4.79 Å². The first-order chi connectivity index (χ1) is 10.0. The van der Waals surface area contributed by atoms with Gasteiger partial charge < -0.3 is 5.11 Å². The molecule has 3 fully saturated rings. The first kappa shape index (κ1) is 14.8. The Bertz CT molecular complexity index is 526. The maximum atomic E-state index is 11.6. The molecule has 0 aliphatic heterocycles. The molecule has 114 valence electrons. The van der Waals surface area contributed by atoms with Gasteiger partial charge in [0.15, 0.2) is 0 Å². The molecule has 0 unspecified atom stereocenters. The minimum absolute atomic E-state index is 0.0714. The van der Waals surface area contributed by atoms with E-state index in [2.05, 4.69) is 25.7 Å². The van der Waals surface area contributed by atoms with Crippen LogP contribution < -0.4 is 0 Å². The van der Waals surface area contributed by atoms with Gasteiger partial charge in [-0.3, -0.25) is 4.79 Å². The number of aliphatic hydroxyl groups is 1. The van der Waals surface area contributed by atoms with Crippen LogP contribution in [0.1, 0.15) is 58.3 Å². The van der Waals surface area contributed by atoms with Gasteiger partial charge in [-0.1, -0.05) is 36.8 Å². The second kappa shape index (κ2) is 5.57. The first-order valence-electron chi connectivity index (χ1n) is 8.28. The van der Waals surface area contributed by atoms with E-state index in [4.69, 9.17) is 0 Å². The third-order valence-electron chi connectivity index (χ3n) is 5.96. The van der Waals surface area contributed by atoms with Crippen LogP contribution in [0.3, 0.4) is 0 Å². The third kappa shape index (κ3) is 2.66. The maximum Gasteiger partial charge on any atom is 0.137 e. The Labute approximate surface area is 127 Å². The van der Waals surface area contributed by atoms with Crippen molar-refractivity contribution in [1.29, 1.82) is 0 Å². The second-order valence-corrected chi connectivity index (χ2v) is 7.26. The molecule has 21 heavy (non-hydrogen) atoms. The molecule has 3 aliphatic carbocycles. The van der Waals surface area contributed by atoms with E-state index in [1.165, 1.54) is 12.0 Å². The molecule has 0 aromatic carbocycles. The van der Waals surface area contributed by atoms with Crippen molar-refractivity contribution in [3.63, 3.8) is 0 Å². The van der Waals surface area contributed by atoms with Crippen molar-refractivity contribution < 1.29 is 9.90 Å². The van der Waals surface area contributed by atoms with Gasteiger partial charge in [-0.05, 0) is 50.0 Å². The molecular weight excluding hydrogens is 260 g/mol. The summed E-state index contributed by atoms with van der Waals surface area (Å²) >= 11 is 0. The number of aliphatic hydroxyl groups excluding tert-OH is 1. The van der Waals surface area contributed by atoms with Gasteiger partial charge in [0.25, 0.3) is 0 Å². The standard InChI is InChI=1S/C19H26O2/c1-13-5-8-16(20)12-15(13)7-6-14-4-3-11-19(2)17(14)9-10-18(19)21/h6-7,17-18,21H,1,3-5,8-12H2,2H3/b14-6+,15-7-/t17-,18-,19-/m0/s1. The molecule has 0 aromatic heterocycles. The van der Waals surface area contributed by atoms with Crippen LogP contribution in [0.5, 0.6) is 0 Å². The highest BCUT2D eigenvalue weighted by Gasteiger charge is 2.48. The van der Waals surface area contributed by atoms with Gasteiger partial charge in [0.05, 0.1) is 6.10 Å². The van der Waals surface area contributed by atoms with Gasteiger partial charge in [0.2, 0.25) is 0 Å². The number of allylic oxidation sites excluding steroid dienone is 5. The molecule has 2 heteroatoms. The minimum atomic E-state index is -0.148. The zero-order valence-corrected chi connectivity index (χ0v) is 13.0. The lowest BCUT2D eigenvalue weighted by atomic mass is 9.66. The van der Waals surface area contributed by atoms with E-state index < -0.39 is 0 Å². The van der Waals surface area contributed by atoms with Crippen molar-refractivity contribution in [3.8, 4) is 0 Å². The van der Waals surface area contributed by atoms with Crippen molar-refractivity contribution in [2.24, 2.45) is 11.3 Å². The highest BCUT2D eigenvalue weighted by Crippen LogP contribution is 2.54. The van der Waals surface area contributed by atoms with Crippen LogP contribution >= 0.6 is 0 Å². The Morgan fingerprint density at radius 3 is 2.86 bits per heavy atom. The lowest BCUT2D eigenvalue weighted by Gasteiger charge is -2.40. The minimum Gasteiger partial charge on any atom is -0.393 e. The number of ketones is 1. The molecule has 0 heterocycles. The lowest BCUT2D eigenvalue weighted by Crippen LogP contribution is -2.36. The summed E-state index contributed by atoms with van der Waals surface area (Å²) in [6.07, 6.45) is 11.7. The summed E-state index contributed by atoms with van der Waals surface area (Å²) in [5.41, 5.74) is 3.78. The Morgan fingerprint density at radius 1 is 1.24 bits per heavy atom. The fourth-order valence-corrected chi connectivity index (χ4v) is 4.47. The molecule has 0 spiro atoms. The van der Waals surface area contributed by atoms with Crippen LogP contribution in [0.25, 0.3) is 0 Å². The predicted octanol–water partition coefficient (Wildman–Crippen LogP) is 4.11. The topological polar surface area (TPSA) is 37.3 Å². The Balaban J connectivity index is 1.82. The molecule has 3 atom stereocenters. The number of carbonyl (C=O) groups excluding carboxylic acids is 1. The average molecular weight is 286 g/mol. The average Bonchev–Trinajstić information content (AvgIpc) is 2.76. The number of Topliss-reactive ketones (excluding diaryl/α,β-unsaturated/α-hetero) is 1. The van der Waals surface area contributed by atoms with Crippen LogP contribution in [0, 0.1) is 11.3 Å². The van der Waals surface area contributed by atoms with Gasteiger partial charge in [0.1, 0.15) is 5.78 Å².